The highest BCUT2D eigenvalue weighted by Gasteiger charge is 2.40. The minimum Gasteiger partial charge on any atom is -0.480 e. The van der Waals surface area contributed by atoms with Crippen molar-refractivity contribution < 1.29 is 33.8 Å². The largest absolute Gasteiger partial charge is 0.480 e. The first-order valence-electron chi connectivity index (χ1n) is 11.3. The van der Waals surface area contributed by atoms with Crippen molar-refractivity contribution >= 4 is 18.0 Å². The molecule has 180 valence electrons. The van der Waals surface area contributed by atoms with Gasteiger partial charge in [-0.05, 0) is 34.4 Å². The van der Waals surface area contributed by atoms with Gasteiger partial charge in [-0.2, -0.15) is 0 Å². The number of aliphatic hydroxyl groups excluding tert-OH is 1. The van der Waals surface area contributed by atoms with Crippen molar-refractivity contribution in [3.8, 4) is 11.1 Å². The topological polar surface area (TPSA) is 129 Å². The first-order valence-corrected chi connectivity index (χ1v) is 11.3. The molecule has 1 aliphatic carbocycles. The quantitative estimate of drug-likeness (QED) is 0.499. The van der Waals surface area contributed by atoms with E-state index >= 15 is 0 Å². The third-order valence-electron chi connectivity index (χ3n) is 6.45. The Morgan fingerprint density at radius 1 is 1.00 bits per heavy atom. The average Bonchev–Trinajstić information content (AvgIpc) is 3.57. The molecule has 2 aliphatic rings. The van der Waals surface area contributed by atoms with Crippen LogP contribution in [0.4, 0.5) is 4.79 Å². The average molecular weight is 476 g/mol. The van der Waals surface area contributed by atoms with Crippen LogP contribution in [0.5, 0.6) is 0 Å². The summed E-state index contributed by atoms with van der Waals surface area (Å²) in [5.74, 6) is -1.61. The van der Waals surface area contributed by atoms with Gasteiger partial charge in [0, 0.05) is 18.9 Å². The van der Waals surface area contributed by atoms with Crippen molar-refractivity contribution in [2.75, 3.05) is 13.2 Å². The highest BCUT2D eigenvalue weighted by molar-refractivity contribution is 5.94. The number of hydrogen-bond donors (Lipinski definition) is 3. The minimum atomic E-state index is -1.18. The predicted octanol–water partition coefficient (Wildman–Crippen LogP) is 2.98. The van der Waals surface area contributed by atoms with E-state index in [1.807, 2.05) is 36.4 Å². The molecule has 0 radical (unpaired) electrons. The number of likely N-dealkylation sites (tertiary alicyclic amines) is 1. The summed E-state index contributed by atoms with van der Waals surface area (Å²) in [6.45, 7) is 0.0917. The molecule has 0 unspecified atom stereocenters. The maximum atomic E-state index is 12.7. The maximum absolute atomic E-state index is 12.7. The molecule has 1 saturated heterocycles. The van der Waals surface area contributed by atoms with Crippen LogP contribution in [0.1, 0.15) is 39.8 Å². The molecule has 5 rings (SSSR count). The van der Waals surface area contributed by atoms with E-state index in [0.717, 1.165) is 27.2 Å². The molecule has 9 heteroatoms. The van der Waals surface area contributed by atoms with Gasteiger partial charge in [0.2, 0.25) is 0 Å². The second-order valence-corrected chi connectivity index (χ2v) is 8.65. The first-order chi connectivity index (χ1) is 16.9. The molecule has 2 aromatic carbocycles. The van der Waals surface area contributed by atoms with E-state index in [-0.39, 0.29) is 37.8 Å². The van der Waals surface area contributed by atoms with Crippen LogP contribution >= 0.6 is 0 Å². The van der Waals surface area contributed by atoms with Gasteiger partial charge in [0.25, 0.3) is 5.91 Å². The molecule has 0 saturated carbocycles. The maximum Gasteiger partial charge on any atom is 0.407 e. The number of rotatable bonds is 6. The number of hydrogen-bond acceptors (Lipinski definition) is 6. The number of aliphatic hydroxyl groups is 1. The van der Waals surface area contributed by atoms with Crippen molar-refractivity contribution in [3.05, 3.63) is 83.3 Å². The summed E-state index contributed by atoms with van der Waals surface area (Å²) in [6, 6.07) is 17.9. The van der Waals surface area contributed by atoms with Crippen LogP contribution in [0.25, 0.3) is 11.1 Å². The first kappa shape index (κ1) is 22.7. The number of benzene rings is 2. The number of β-amino-alcohol motifs (C(OH)–C–C–N with tert-alkyl or cyclic N) is 1. The SMILES string of the molecule is O=C(NCc1ccc(C(=O)N2C[C@H](O)C[C@H]2C(=O)O)o1)OCC1c2ccccc2-c2ccccc21. The van der Waals surface area contributed by atoms with E-state index in [0.29, 0.717) is 5.76 Å². The molecule has 35 heavy (non-hydrogen) atoms. The molecule has 3 aromatic rings. The van der Waals surface area contributed by atoms with Crippen molar-refractivity contribution in [1.29, 1.82) is 0 Å². The lowest BCUT2D eigenvalue weighted by Crippen LogP contribution is -2.40. The third kappa shape index (κ3) is 4.38. The Balaban J connectivity index is 1.17. The summed E-state index contributed by atoms with van der Waals surface area (Å²) in [6.07, 6.45) is -1.55. The Bertz CT molecular complexity index is 1240. The number of nitrogens with zero attached hydrogens (tertiary/aromatic N) is 1. The Kier molecular flexibility index (Phi) is 6.00. The predicted molar refractivity (Wildman–Crippen MR) is 124 cm³/mol. The van der Waals surface area contributed by atoms with Gasteiger partial charge in [0.05, 0.1) is 12.6 Å². The zero-order chi connectivity index (χ0) is 24.5. The number of carbonyl (C=O) groups is 3. The van der Waals surface area contributed by atoms with E-state index in [1.54, 1.807) is 0 Å². The van der Waals surface area contributed by atoms with Crippen LogP contribution in [0.3, 0.4) is 0 Å². The lowest BCUT2D eigenvalue weighted by molar-refractivity contribution is -0.141. The van der Waals surface area contributed by atoms with E-state index in [9.17, 15) is 24.6 Å². The summed E-state index contributed by atoms with van der Waals surface area (Å²) in [5.41, 5.74) is 4.51. The van der Waals surface area contributed by atoms with Gasteiger partial charge in [-0.15, -0.1) is 0 Å². The van der Waals surface area contributed by atoms with Gasteiger partial charge < -0.3 is 29.6 Å². The molecule has 9 nitrogen and oxygen atoms in total. The van der Waals surface area contributed by atoms with Gasteiger partial charge in [-0.1, -0.05) is 48.5 Å². The number of carboxylic acids is 1. The second kappa shape index (κ2) is 9.27. The number of carbonyl (C=O) groups excluding carboxylic acids is 2. The number of nitrogens with one attached hydrogen (secondary N) is 1. The standard InChI is InChI=1S/C26H24N2O7/c29-15-11-22(25(31)32)28(13-15)24(30)23-10-9-16(35-23)12-27-26(33)34-14-21-19-7-3-1-5-17(19)18-6-2-4-8-20(18)21/h1-10,15,21-22,29H,11-14H2,(H,27,33)(H,31,32)/t15-,22+/m1/s1. The van der Waals surface area contributed by atoms with Crippen LogP contribution in [0.15, 0.2) is 65.1 Å². The fourth-order valence-electron chi connectivity index (χ4n) is 4.81. The molecule has 1 aromatic heterocycles. The number of aliphatic carboxylic acids is 1. The molecule has 2 heterocycles. The van der Waals surface area contributed by atoms with Crippen molar-refractivity contribution in [1.82, 2.24) is 10.2 Å². The summed E-state index contributed by atoms with van der Waals surface area (Å²) in [7, 11) is 0. The van der Waals surface area contributed by atoms with Crippen molar-refractivity contribution in [2.24, 2.45) is 0 Å². The van der Waals surface area contributed by atoms with Gasteiger partial charge in [0.1, 0.15) is 18.4 Å². The monoisotopic (exact) mass is 476 g/mol. The number of ether oxygens (including phenoxy) is 1. The van der Waals surface area contributed by atoms with Crippen LogP contribution < -0.4 is 5.32 Å². The fraction of sp³-hybridized carbons (Fsp3) is 0.269. The molecular weight excluding hydrogens is 452 g/mol. The molecule has 1 aliphatic heterocycles. The van der Waals surface area contributed by atoms with E-state index in [1.165, 1.54) is 12.1 Å². The normalized spacial score (nSPS) is 18.7. The Morgan fingerprint density at radius 2 is 1.66 bits per heavy atom. The number of amides is 2. The van der Waals surface area contributed by atoms with E-state index in [4.69, 9.17) is 9.15 Å². The lowest BCUT2D eigenvalue weighted by Gasteiger charge is -2.19. The smallest absolute Gasteiger partial charge is 0.407 e. The highest BCUT2D eigenvalue weighted by Crippen LogP contribution is 2.44. The summed E-state index contributed by atoms with van der Waals surface area (Å²) in [4.78, 5) is 37.5. The molecule has 3 N–H and O–H groups in total. The molecule has 2 atom stereocenters. The number of fused-ring (bicyclic) bond motifs is 3. The Hall–Kier alpha value is -4.11. The van der Waals surface area contributed by atoms with Gasteiger partial charge in [0.15, 0.2) is 5.76 Å². The van der Waals surface area contributed by atoms with Gasteiger partial charge >= 0.3 is 12.1 Å². The fourth-order valence-corrected chi connectivity index (χ4v) is 4.81. The number of carboxylic acid groups (broad SMARTS) is 1. The van der Waals surface area contributed by atoms with Crippen LogP contribution in [0.2, 0.25) is 0 Å². The highest BCUT2D eigenvalue weighted by atomic mass is 16.5. The van der Waals surface area contributed by atoms with E-state index in [2.05, 4.69) is 17.4 Å². The molecular formula is C26H24N2O7. The van der Waals surface area contributed by atoms with Gasteiger partial charge in [-0.25, -0.2) is 9.59 Å². The molecule has 0 bridgehead atoms. The number of furan rings is 1. The number of alkyl carbamates (subject to hydrolysis) is 1. The summed E-state index contributed by atoms with van der Waals surface area (Å²) in [5, 5.41) is 21.7. The molecule has 2 amide bonds. The second-order valence-electron chi connectivity index (χ2n) is 8.65. The Labute approximate surface area is 200 Å². The summed E-state index contributed by atoms with van der Waals surface area (Å²) >= 11 is 0. The van der Waals surface area contributed by atoms with Crippen molar-refractivity contribution in [3.63, 3.8) is 0 Å². The Morgan fingerprint density at radius 3 is 2.31 bits per heavy atom. The molecule has 1 fully saturated rings. The summed E-state index contributed by atoms with van der Waals surface area (Å²) < 4.78 is 11.0. The third-order valence-corrected chi connectivity index (χ3v) is 6.45. The van der Waals surface area contributed by atoms with Crippen LogP contribution in [-0.2, 0) is 16.1 Å². The van der Waals surface area contributed by atoms with Crippen molar-refractivity contribution in [2.45, 2.75) is 31.0 Å². The molecule has 0 spiro atoms. The zero-order valence-corrected chi connectivity index (χ0v) is 18.7. The zero-order valence-electron chi connectivity index (χ0n) is 18.7. The van der Waals surface area contributed by atoms with Gasteiger partial charge in [-0.3, -0.25) is 4.79 Å². The van der Waals surface area contributed by atoms with Crippen LogP contribution in [0, 0.1) is 0 Å². The van der Waals surface area contributed by atoms with Crippen LogP contribution in [-0.4, -0.2) is 58.4 Å². The van der Waals surface area contributed by atoms with E-state index < -0.39 is 30.1 Å². The minimum absolute atomic E-state index is 0.00502. The lowest BCUT2D eigenvalue weighted by atomic mass is 9.98.